The largest absolute Gasteiger partial charge is 0.480 e. The molecular formula is C23H27NO2Si. The molecule has 0 bridgehead atoms. The molecule has 3 rings (SSSR count). The molecule has 2 atom stereocenters. The van der Waals surface area contributed by atoms with Crippen molar-refractivity contribution in [3.05, 3.63) is 65.7 Å². The number of nitrogens with zero attached hydrogens (tertiary/aromatic N) is 1. The first-order valence-electron chi connectivity index (χ1n) is 9.31. The van der Waals surface area contributed by atoms with E-state index in [-0.39, 0.29) is 11.8 Å². The molecule has 2 unspecified atom stereocenters. The van der Waals surface area contributed by atoms with Crippen molar-refractivity contribution in [1.29, 1.82) is 0 Å². The lowest BCUT2D eigenvalue weighted by Gasteiger charge is -2.22. The van der Waals surface area contributed by atoms with E-state index in [2.05, 4.69) is 31.1 Å². The molecule has 1 aliphatic rings. The number of rotatable bonds is 4. The number of carbonyl (C=O) groups excluding carboxylic acids is 1. The lowest BCUT2D eigenvalue weighted by molar-refractivity contribution is -0.131. The molecule has 0 N–H and O–H groups in total. The first-order valence-corrected chi connectivity index (χ1v) is 12.8. The quantitative estimate of drug-likeness (QED) is 0.587. The zero-order valence-corrected chi connectivity index (χ0v) is 17.7. The number of amides is 1. The second-order valence-electron chi connectivity index (χ2n) is 8.34. The lowest BCUT2D eigenvalue weighted by atomic mass is 10.0. The summed E-state index contributed by atoms with van der Waals surface area (Å²) in [4.78, 5) is 14.3. The second-order valence-corrected chi connectivity index (χ2v) is 13.1. The number of carbonyl (C=O) groups is 1. The first-order chi connectivity index (χ1) is 12.7. The van der Waals surface area contributed by atoms with Crippen LogP contribution in [-0.4, -0.2) is 33.0 Å². The zero-order chi connectivity index (χ0) is 19.7. The van der Waals surface area contributed by atoms with Crippen LogP contribution in [-0.2, 0) is 10.4 Å². The molecule has 27 heavy (non-hydrogen) atoms. The van der Waals surface area contributed by atoms with Gasteiger partial charge >= 0.3 is 0 Å². The number of benzene rings is 2. The highest BCUT2D eigenvalue weighted by Crippen LogP contribution is 2.56. The standard InChI is InChI=1S/C23H27NO2Si/c1-24(2)22(25)20-17-23(20,19-12-7-6-8-13-19)26-21-14-10-9-11-18(21)15-16-27(3,4)5/h6-14,20H,17H2,1-5H3. The highest BCUT2D eigenvalue weighted by Gasteiger charge is 2.62. The molecule has 0 aliphatic heterocycles. The Bertz CT molecular complexity index is 890. The van der Waals surface area contributed by atoms with Crippen molar-refractivity contribution in [2.24, 2.45) is 5.92 Å². The van der Waals surface area contributed by atoms with E-state index in [0.717, 1.165) is 16.9 Å². The Labute approximate surface area is 163 Å². The van der Waals surface area contributed by atoms with Gasteiger partial charge in [0.25, 0.3) is 0 Å². The van der Waals surface area contributed by atoms with E-state index in [9.17, 15) is 4.79 Å². The van der Waals surface area contributed by atoms with Gasteiger partial charge in [-0.1, -0.05) is 68.0 Å². The minimum Gasteiger partial charge on any atom is -0.480 e. The van der Waals surface area contributed by atoms with E-state index in [1.807, 2.05) is 54.6 Å². The Morgan fingerprint density at radius 3 is 2.33 bits per heavy atom. The van der Waals surface area contributed by atoms with Gasteiger partial charge in [-0.2, -0.15) is 0 Å². The van der Waals surface area contributed by atoms with Gasteiger partial charge < -0.3 is 9.64 Å². The van der Waals surface area contributed by atoms with Gasteiger partial charge in [-0.15, -0.1) is 5.54 Å². The van der Waals surface area contributed by atoms with Crippen LogP contribution in [0.25, 0.3) is 0 Å². The summed E-state index contributed by atoms with van der Waals surface area (Å²) in [7, 11) is 2.10. The zero-order valence-electron chi connectivity index (χ0n) is 16.7. The number of para-hydroxylation sites is 1. The molecule has 1 saturated carbocycles. The fourth-order valence-electron chi connectivity index (χ4n) is 3.16. The van der Waals surface area contributed by atoms with Gasteiger partial charge in [-0.05, 0) is 17.7 Å². The lowest BCUT2D eigenvalue weighted by Crippen LogP contribution is -2.30. The van der Waals surface area contributed by atoms with Crippen molar-refractivity contribution in [1.82, 2.24) is 4.90 Å². The molecule has 4 heteroatoms. The molecule has 1 fully saturated rings. The average Bonchev–Trinajstić information content (AvgIpc) is 3.35. The summed E-state index contributed by atoms with van der Waals surface area (Å²) in [6, 6.07) is 17.9. The van der Waals surface area contributed by atoms with Crippen molar-refractivity contribution in [2.75, 3.05) is 14.1 Å². The molecule has 0 aromatic heterocycles. The summed E-state index contributed by atoms with van der Waals surface area (Å²) in [5.74, 6) is 3.99. The van der Waals surface area contributed by atoms with Gasteiger partial charge in [-0.25, -0.2) is 0 Å². The van der Waals surface area contributed by atoms with Crippen LogP contribution in [0.15, 0.2) is 54.6 Å². The van der Waals surface area contributed by atoms with Crippen LogP contribution in [0.3, 0.4) is 0 Å². The Kier molecular flexibility index (Phi) is 5.17. The van der Waals surface area contributed by atoms with Gasteiger partial charge in [0.2, 0.25) is 5.91 Å². The molecular weight excluding hydrogens is 350 g/mol. The summed E-state index contributed by atoms with van der Waals surface area (Å²) < 4.78 is 6.54. The Balaban J connectivity index is 1.98. The molecule has 3 nitrogen and oxygen atoms in total. The van der Waals surface area contributed by atoms with E-state index < -0.39 is 13.7 Å². The molecule has 1 amide bonds. The van der Waals surface area contributed by atoms with E-state index in [4.69, 9.17) is 4.74 Å². The maximum absolute atomic E-state index is 12.6. The Hall–Kier alpha value is -2.51. The molecule has 0 heterocycles. The Morgan fingerprint density at radius 1 is 1.07 bits per heavy atom. The van der Waals surface area contributed by atoms with Gasteiger partial charge in [-0.3, -0.25) is 4.79 Å². The maximum Gasteiger partial charge on any atom is 0.229 e. The van der Waals surface area contributed by atoms with Crippen LogP contribution in [0.2, 0.25) is 19.6 Å². The molecule has 0 saturated heterocycles. The third-order valence-corrected chi connectivity index (χ3v) is 5.54. The van der Waals surface area contributed by atoms with Crippen LogP contribution in [0.5, 0.6) is 5.75 Å². The number of ether oxygens (including phenoxy) is 1. The summed E-state index contributed by atoms with van der Waals surface area (Å²) >= 11 is 0. The smallest absolute Gasteiger partial charge is 0.229 e. The van der Waals surface area contributed by atoms with Crippen molar-refractivity contribution in [3.8, 4) is 17.2 Å². The van der Waals surface area contributed by atoms with Gasteiger partial charge in [0.15, 0.2) is 0 Å². The summed E-state index contributed by atoms with van der Waals surface area (Å²) in [5.41, 5.74) is 4.73. The first kappa shape index (κ1) is 19.3. The van der Waals surface area contributed by atoms with Gasteiger partial charge in [0.05, 0.1) is 11.5 Å². The van der Waals surface area contributed by atoms with Crippen molar-refractivity contribution in [3.63, 3.8) is 0 Å². The summed E-state index contributed by atoms with van der Waals surface area (Å²) in [5, 5.41) is 0. The number of hydrogen-bond donors (Lipinski definition) is 0. The molecule has 2 aromatic carbocycles. The van der Waals surface area contributed by atoms with Crippen LogP contribution in [0.1, 0.15) is 17.5 Å². The molecule has 140 valence electrons. The topological polar surface area (TPSA) is 29.5 Å². The van der Waals surface area contributed by atoms with E-state index in [1.54, 1.807) is 19.0 Å². The minimum absolute atomic E-state index is 0.101. The summed E-state index contributed by atoms with van der Waals surface area (Å²) in [6.45, 7) is 6.67. The number of hydrogen-bond acceptors (Lipinski definition) is 2. The molecule has 0 radical (unpaired) electrons. The second kappa shape index (κ2) is 7.25. The van der Waals surface area contributed by atoms with Crippen molar-refractivity contribution in [2.45, 2.75) is 31.7 Å². The van der Waals surface area contributed by atoms with E-state index in [0.29, 0.717) is 6.42 Å². The van der Waals surface area contributed by atoms with Gasteiger partial charge in [0.1, 0.15) is 19.4 Å². The van der Waals surface area contributed by atoms with Crippen LogP contribution in [0.4, 0.5) is 0 Å². The predicted molar refractivity (Wildman–Crippen MR) is 112 cm³/mol. The Morgan fingerprint density at radius 2 is 1.70 bits per heavy atom. The minimum atomic E-state index is -1.49. The third kappa shape index (κ3) is 4.25. The van der Waals surface area contributed by atoms with Crippen LogP contribution >= 0.6 is 0 Å². The average molecular weight is 378 g/mol. The normalized spacial score (nSPS) is 21.0. The van der Waals surface area contributed by atoms with Crippen molar-refractivity contribution < 1.29 is 9.53 Å². The fraction of sp³-hybridized carbons (Fsp3) is 0.348. The molecule has 0 spiro atoms. The van der Waals surface area contributed by atoms with Gasteiger partial charge in [0, 0.05) is 20.5 Å². The van der Waals surface area contributed by atoms with E-state index in [1.165, 1.54) is 0 Å². The fourth-order valence-corrected chi connectivity index (χ4v) is 3.67. The monoisotopic (exact) mass is 377 g/mol. The van der Waals surface area contributed by atoms with Crippen LogP contribution in [0, 0.1) is 17.4 Å². The van der Waals surface area contributed by atoms with E-state index >= 15 is 0 Å². The van der Waals surface area contributed by atoms with Crippen molar-refractivity contribution >= 4 is 14.0 Å². The third-order valence-electron chi connectivity index (χ3n) is 4.66. The molecule has 2 aromatic rings. The molecule has 1 aliphatic carbocycles. The maximum atomic E-state index is 12.6. The highest BCUT2D eigenvalue weighted by atomic mass is 28.3. The SMILES string of the molecule is CN(C)C(=O)C1CC1(Oc1ccccc1C#C[Si](C)(C)C)c1ccccc1. The highest BCUT2D eigenvalue weighted by molar-refractivity contribution is 6.83. The summed E-state index contributed by atoms with van der Waals surface area (Å²) in [6.07, 6.45) is 0.684. The van der Waals surface area contributed by atoms with Crippen LogP contribution < -0.4 is 4.74 Å². The predicted octanol–water partition coefficient (Wildman–Crippen LogP) is 4.30.